The number of thiocarbonyl (C=S) groups is 2. The molecule has 0 atom stereocenters. The van der Waals surface area contributed by atoms with Crippen molar-refractivity contribution in [1.82, 2.24) is 0 Å². The Hall–Kier alpha value is 0.330. The van der Waals surface area contributed by atoms with Gasteiger partial charge in [0.2, 0.25) is 0 Å². The summed E-state index contributed by atoms with van der Waals surface area (Å²) in [7, 11) is 0. The Balaban J connectivity index is 0. The van der Waals surface area contributed by atoms with Crippen LogP contribution in [0.4, 0.5) is 0 Å². The third kappa shape index (κ3) is 441. The summed E-state index contributed by atoms with van der Waals surface area (Å²) in [6.45, 7) is 0. The van der Waals surface area contributed by atoms with Crippen molar-refractivity contribution < 1.29 is 5.11 Å². The van der Waals surface area contributed by atoms with Crippen LogP contribution in [-0.4, -0.2) is 15.4 Å². The lowest BCUT2D eigenvalue weighted by atomic mass is 11.8. The third-order valence-electron chi connectivity index (χ3n) is 0. The molecule has 0 aromatic rings. The highest BCUT2D eigenvalue weighted by Gasteiger charge is 1.18. The number of hydrogen-bond donors (Lipinski definition) is 2. The lowest BCUT2D eigenvalue weighted by molar-refractivity contribution is 0.594. The van der Waals surface area contributed by atoms with Gasteiger partial charge in [0.15, 0.2) is 0 Å². The van der Waals surface area contributed by atoms with E-state index in [1.807, 2.05) is 0 Å². The summed E-state index contributed by atoms with van der Waals surface area (Å²) in [6, 6.07) is 0. The molecule has 0 fully saturated rings. The molecular weight excluding hydrogens is 136 g/mol. The number of hydrogen-bond acceptors (Lipinski definition) is 2. The van der Waals surface area contributed by atoms with Crippen LogP contribution in [0.15, 0.2) is 0 Å². The van der Waals surface area contributed by atoms with Crippen LogP contribution in [0.1, 0.15) is 0 Å². The minimum absolute atomic E-state index is 0.583. The fourth-order valence-corrected chi connectivity index (χ4v) is 0. The molecule has 0 aliphatic heterocycles. The molecule has 0 amide bonds. The Bertz CT molecular complexity index is 29.8. The molecular formula is C2H4OS3. The molecule has 0 unspecified atom stereocenters. The molecule has 0 radical (unpaired) electrons. The van der Waals surface area contributed by atoms with Crippen molar-refractivity contribution in [3.63, 3.8) is 0 Å². The van der Waals surface area contributed by atoms with Crippen LogP contribution in [0.2, 0.25) is 0 Å². The molecule has 0 aromatic heterocycles. The summed E-state index contributed by atoms with van der Waals surface area (Å²) in [6.07, 6.45) is 0. The zero-order valence-corrected chi connectivity index (χ0v) is 5.39. The highest BCUT2D eigenvalue weighted by molar-refractivity contribution is 8.08. The smallest absolute Gasteiger partial charge is 0.142 e. The average Bonchev–Trinajstić information content (AvgIpc) is 1.39. The summed E-state index contributed by atoms with van der Waals surface area (Å²) >= 11 is 11.4. The van der Waals surface area contributed by atoms with Gasteiger partial charge in [0.25, 0.3) is 0 Å². The second kappa shape index (κ2) is 18.4. The van der Waals surface area contributed by atoms with Crippen LogP contribution in [0.3, 0.4) is 0 Å². The molecule has 6 heavy (non-hydrogen) atoms. The van der Waals surface area contributed by atoms with E-state index in [1.165, 1.54) is 4.70 Å². The van der Waals surface area contributed by atoms with Gasteiger partial charge in [0.1, 0.15) is 5.55 Å². The van der Waals surface area contributed by atoms with E-state index in [-0.39, 0.29) is 0 Å². The second-order valence-corrected chi connectivity index (χ2v) is 1.26. The molecule has 4 heteroatoms. The van der Waals surface area contributed by atoms with E-state index in [4.69, 9.17) is 5.11 Å². The van der Waals surface area contributed by atoms with Gasteiger partial charge in [0.05, 0.1) is 0 Å². The summed E-state index contributed by atoms with van der Waals surface area (Å²) in [4.78, 5) is 0. The van der Waals surface area contributed by atoms with Crippen molar-refractivity contribution in [3.8, 4) is 0 Å². The van der Waals surface area contributed by atoms with E-state index in [0.717, 1.165) is 0 Å². The average molecular weight is 140 g/mol. The summed E-state index contributed by atoms with van der Waals surface area (Å²) in [5.74, 6) is 0. The number of aliphatic hydroxyl groups excluding tert-OH is 1. The lowest BCUT2D eigenvalue weighted by Crippen LogP contribution is -1.41. The Kier molecular flexibility index (Phi) is 29.4. The van der Waals surface area contributed by atoms with Crippen molar-refractivity contribution in [2.75, 3.05) is 0 Å². The molecule has 36 valence electrons. The van der Waals surface area contributed by atoms with Gasteiger partial charge in [-0.1, -0.05) is 12.2 Å². The maximum absolute atomic E-state index is 7.26. The number of aliphatic hydroxyl groups is 1. The molecule has 0 rings (SSSR count). The number of thiol groups is 1. The molecule has 0 saturated carbocycles. The van der Waals surface area contributed by atoms with Crippen molar-refractivity contribution in [2.24, 2.45) is 0 Å². The Labute approximate surface area is 52.8 Å². The first-order valence-electron chi connectivity index (χ1n) is 0.988. The largest absolute Gasteiger partial charge is 0.504 e. The number of rotatable bonds is 0. The minimum atomic E-state index is 0.583. The van der Waals surface area contributed by atoms with Gasteiger partial charge in [-0.25, -0.2) is 0 Å². The first-order valence-corrected chi connectivity index (χ1v) is 2.45. The van der Waals surface area contributed by atoms with Crippen molar-refractivity contribution in [3.05, 3.63) is 0 Å². The first-order chi connectivity index (χ1) is 2.83. The predicted octanol–water partition coefficient (Wildman–Crippen LogP) is 1.38. The van der Waals surface area contributed by atoms with E-state index in [9.17, 15) is 0 Å². The quantitative estimate of drug-likeness (QED) is 0.392. The maximum Gasteiger partial charge on any atom is 0.142 e. The molecule has 0 heterocycles. The maximum atomic E-state index is 7.26. The molecule has 0 spiro atoms. The van der Waals surface area contributed by atoms with Gasteiger partial charge >= 0.3 is 0 Å². The standard InChI is InChI=1S/CH2OS.CH2S2/c2*2-1-3/h2*1H,(H,2,3). The summed E-state index contributed by atoms with van der Waals surface area (Å²) in [5, 5.41) is 7.26. The molecule has 0 saturated heterocycles. The molecule has 0 aromatic carbocycles. The monoisotopic (exact) mass is 140 g/mol. The van der Waals surface area contributed by atoms with E-state index >= 15 is 0 Å². The van der Waals surface area contributed by atoms with Crippen LogP contribution in [0.25, 0.3) is 0 Å². The second-order valence-electron chi connectivity index (χ2n) is 0.211. The summed E-state index contributed by atoms with van der Waals surface area (Å²) in [5.41, 5.74) is 0.583. The van der Waals surface area contributed by atoms with Crippen LogP contribution < -0.4 is 0 Å². The SMILES string of the molecule is OC=S.S=CS. The zero-order valence-electron chi connectivity index (χ0n) is 2.87. The van der Waals surface area contributed by atoms with Crippen molar-refractivity contribution >= 4 is 47.3 Å². The fraction of sp³-hybridized carbons (Fsp3) is 0. The van der Waals surface area contributed by atoms with Gasteiger partial charge in [-0.3, -0.25) is 0 Å². The van der Waals surface area contributed by atoms with Gasteiger partial charge in [0, 0.05) is 4.70 Å². The Morgan fingerprint density at radius 3 is 1.50 bits per heavy atom. The molecule has 1 nitrogen and oxygen atoms in total. The van der Waals surface area contributed by atoms with Gasteiger partial charge in [-0.15, -0.1) is 12.6 Å². The van der Waals surface area contributed by atoms with Gasteiger partial charge < -0.3 is 5.11 Å². The van der Waals surface area contributed by atoms with E-state index in [0.29, 0.717) is 5.55 Å². The minimum Gasteiger partial charge on any atom is -0.504 e. The normalized spacial score (nSPS) is 4.17. The summed E-state index contributed by atoms with van der Waals surface area (Å²) < 4.78 is 1.28. The van der Waals surface area contributed by atoms with Crippen LogP contribution in [0.5, 0.6) is 0 Å². The van der Waals surface area contributed by atoms with Crippen LogP contribution in [0, 0.1) is 0 Å². The Morgan fingerprint density at radius 1 is 1.50 bits per heavy atom. The molecule has 0 aliphatic carbocycles. The van der Waals surface area contributed by atoms with E-state index < -0.39 is 0 Å². The fourth-order valence-electron chi connectivity index (χ4n) is 0. The third-order valence-corrected chi connectivity index (χ3v) is 0. The first kappa shape index (κ1) is 9.59. The topological polar surface area (TPSA) is 20.2 Å². The van der Waals surface area contributed by atoms with Crippen molar-refractivity contribution in [2.45, 2.75) is 0 Å². The highest BCUT2D eigenvalue weighted by Crippen LogP contribution is 1.50. The van der Waals surface area contributed by atoms with E-state index in [2.05, 4.69) is 37.1 Å². The molecule has 1 N–H and O–H groups in total. The Morgan fingerprint density at radius 2 is 1.50 bits per heavy atom. The van der Waals surface area contributed by atoms with E-state index in [1.54, 1.807) is 0 Å². The molecule has 0 aliphatic rings. The highest BCUT2D eigenvalue weighted by atomic mass is 32.1. The van der Waals surface area contributed by atoms with Gasteiger partial charge in [-0.05, 0) is 12.2 Å². The van der Waals surface area contributed by atoms with Crippen LogP contribution >= 0.6 is 37.1 Å². The molecule has 0 bridgehead atoms. The predicted molar refractivity (Wildman–Crippen MR) is 38.9 cm³/mol. The van der Waals surface area contributed by atoms with Crippen molar-refractivity contribution in [1.29, 1.82) is 0 Å². The zero-order chi connectivity index (χ0) is 5.41. The van der Waals surface area contributed by atoms with Crippen LogP contribution in [-0.2, 0) is 0 Å². The lowest BCUT2D eigenvalue weighted by Gasteiger charge is -1.38. The van der Waals surface area contributed by atoms with Gasteiger partial charge in [-0.2, -0.15) is 0 Å².